The minimum absolute atomic E-state index is 0.250. The summed E-state index contributed by atoms with van der Waals surface area (Å²) in [5.41, 5.74) is 30.7. The molecule has 2 atom stereocenters. The number of benzene rings is 10. The number of hydrogen-bond acceptors (Lipinski definition) is 0. The minimum atomic E-state index is -0.271. The van der Waals surface area contributed by atoms with E-state index in [-0.39, 0.29) is 17.4 Å². The van der Waals surface area contributed by atoms with Gasteiger partial charge in [0.25, 0.3) is 0 Å². The lowest BCUT2D eigenvalue weighted by Gasteiger charge is -2.37. The van der Waals surface area contributed by atoms with Gasteiger partial charge in [0.05, 0.1) is 22.5 Å². The van der Waals surface area contributed by atoms with Crippen LogP contribution in [-0.2, 0) is 18.3 Å². The summed E-state index contributed by atoms with van der Waals surface area (Å²) < 4.78 is 5.15. The van der Waals surface area contributed by atoms with E-state index in [2.05, 4.69) is 276 Å². The summed E-state index contributed by atoms with van der Waals surface area (Å²) in [6, 6.07) is 81.2. The van der Waals surface area contributed by atoms with E-state index >= 15 is 0 Å². The Hall–Kier alpha value is -9.76. The first kappa shape index (κ1) is 46.9. The summed E-state index contributed by atoms with van der Waals surface area (Å²) >= 11 is 0. The zero-order valence-corrected chi connectivity index (χ0v) is 46.2. The highest BCUT2D eigenvalue weighted by molar-refractivity contribution is 6.13. The fourth-order valence-corrected chi connectivity index (χ4v) is 16.5. The molecule has 10 aromatic carbocycles. The van der Waals surface area contributed by atoms with E-state index < -0.39 is 0 Å². The van der Waals surface area contributed by atoms with Gasteiger partial charge in [0.1, 0.15) is 0 Å². The zero-order valence-electron chi connectivity index (χ0n) is 46.2. The highest BCUT2D eigenvalue weighted by Gasteiger charge is 2.56. The van der Waals surface area contributed by atoms with E-state index in [9.17, 15) is 0 Å². The lowest BCUT2D eigenvalue weighted by Crippen LogP contribution is -2.33. The standard InChI is InChI=1S/C81H58N2/c1-2-18-52(19-3-1)79-65-25-4-6-27-67(65)80(68-28-7-5-26-66(68)79)53-36-43-58(44-37-53)83-77-46-39-54(51-34-41-57(42-35-51)82-75-32-16-11-23-63(75)64-24-12-17-33-76(64)82)48-69(77)70-49-55(40-47-78(70)83)56-38-45-62-61-22-10-15-31-73(61)81(74(62)50-56)71-29-13-8-20-59(71)60-21-9-14-30-72(60)81/h1-4,6-16,18-25,27-32,34-41,43-49,57,74H,5,17,26,33,42,50H2. The molecule has 6 aliphatic carbocycles. The van der Waals surface area contributed by atoms with Crippen LogP contribution >= 0.6 is 0 Å². The monoisotopic (exact) mass is 1060 g/mol. The van der Waals surface area contributed by atoms with Gasteiger partial charge in [-0.3, -0.25) is 0 Å². The molecule has 0 fully saturated rings. The van der Waals surface area contributed by atoms with Crippen LogP contribution in [0.1, 0.15) is 87.5 Å². The van der Waals surface area contributed by atoms with E-state index in [4.69, 9.17) is 0 Å². The third kappa shape index (κ3) is 6.72. The topological polar surface area (TPSA) is 9.86 Å². The summed E-state index contributed by atoms with van der Waals surface area (Å²) in [6.07, 6.45) is 27.9. The predicted octanol–water partition coefficient (Wildman–Crippen LogP) is 20.5. The molecule has 2 unspecified atom stereocenters. The number of fused-ring (bicyclic) bond motifs is 18. The number of rotatable bonds is 6. The minimum Gasteiger partial charge on any atom is -0.337 e. The third-order valence-corrected chi connectivity index (χ3v) is 19.9. The van der Waals surface area contributed by atoms with Gasteiger partial charge in [-0.1, -0.05) is 225 Å². The molecule has 2 heterocycles. The van der Waals surface area contributed by atoms with Crippen molar-refractivity contribution in [2.24, 2.45) is 5.92 Å². The Kier molecular flexibility index (Phi) is 10.2. The molecular formula is C81H58N2. The molecule has 0 bridgehead atoms. The van der Waals surface area contributed by atoms with Crippen LogP contribution < -0.4 is 0 Å². The maximum Gasteiger partial charge on any atom is 0.0557 e. The van der Waals surface area contributed by atoms with Gasteiger partial charge in [0, 0.05) is 44.5 Å². The van der Waals surface area contributed by atoms with Gasteiger partial charge in [-0.15, -0.1) is 0 Å². The average molecular weight is 1060 g/mol. The summed E-state index contributed by atoms with van der Waals surface area (Å²) in [4.78, 5) is 0. The molecule has 18 rings (SSSR count). The molecule has 6 aliphatic rings. The molecule has 0 N–H and O–H groups in total. The molecule has 2 heteroatoms. The predicted molar refractivity (Wildman–Crippen MR) is 349 cm³/mol. The van der Waals surface area contributed by atoms with E-state index in [1.165, 1.54) is 149 Å². The molecule has 0 saturated heterocycles. The first-order chi connectivity index (χ1) is 41.2. The van der Waals surface area contributed by atoms with Crippen LogP contribution in [0.15, 0.2) is 255 Å². The molecule has 0 radical (unpaired) electrons. The maximum atomic E-state index is 2.63. The van der Waals surface area contributed by atoms with Crippen molar-refractivity contribution in [1.82, 2.24) is 9.13 Å². The lowest BCUT2D eigenvalue weighted by molar-refractivity contribution is 0.500. The first-order valence-corrected chi connectivity index (χ1v) is 30.0. The lowest BCUT2D eigenvalue weighted by atomic mass is 9.64. The Morgan fingerprint density at radius 1 is 0.434 bits per heavy atom. The summed E-state index contributed by atoms with van der Waals surface area (Å²) in [6.45, 7) is 0. The Morgan fingerprint density at radius 2 is 1.02 bits per heavy atom. The van der Waals surface area contributed by atoms with E-state index in [0.29, 0.717) is 0 Å². The molecular weight excluding hydrogens is 1000 g/mol. The van der Waals surface area contributed by atoms with Gasteiger partial charge in [-0.05, 0) is 186 Å². The second-order valence-corrected chi connectivity index (χ2v) is 23.9. The maximum absolute atomic E-state index is 2.63. The number of hydrogen-bond donors (Lipinski definition) is 0. The Morgan fingerprint density at radius 3 is 1.76 bits per heavy atom. The van der Waals surface area contributed by atoms with E-state index in [0.717, 1.165) is 44.2 Å². The molecule has 83 heavy (non-hydrogen) atoms. The summed E-state index contributed by atoms with van der Waals surface area (Å²) in [5.74, 6) is 0.250. The molecule has 0 saturated carbocycles. The van der Waals surface area contributed by atoms with Crippen molar-refractivity contribution in [3.63, 3.8) is 0 Å². The van der Waals surface area contributed by atoms with Gasteiger partial charge in [0.2, 0.25) is 0 Å². The van der Waals surface area contributed by atoms with Crippen molar-refractivity contribution in [1.29, 1.82) is 0 Å². The highest BCUT2D eigenvalue weighted by atomic mass is 15.0. The zero-order chi connectivity index (χ0) is 54.3. The van der Waals surface area contributed by atoms with Crippen molar-refractivity contribution in [3.8, 4) is 39.1 Å². The summed E-state index contributed by atoms with van der Waals surface area (Å²) in [7, 11) is 0. The normalized spacial score (nSPS) is 17.8. The van der Waals surface area contributed by atoms with Crippen LogP contribution in [-0.4, -0.2) is 9.13 Å². The SMILES string of the molecule is C1=Cc2c(c(-c3ccccc3)c3ccccc3c2-c2ccc(-n3c4ccc(C5=CCC(n6c7c(c8ccccc86)C=CCC7)C=C5)cc4c4cc(C5=CC=C6c7ccccc7C7(c8ccccc8-c8ccccc87)C6C5)ccc43)cc2)CC1. The Balaban J connectivity index is 0.775. The second-order valence-electron chi connectivity index (χ2n) is 23.9. The number of nitrogens with zero attached hydrogens (tertiary/aromatic N) is 2. The van der Waals surface area contributed by atoms with Crippen molar-refractivity contribution in [2.45, 2.75) is 50.0 Å². The molecule has 392 valence electrons. The molecule has 2 nitrogen and oxygen atoms in total. The van der Waals surface area contributed by atoms with Gasteiger partial charge in [-0.2, -0.15) is 0 Å². The molecule has 1 spiro atoms. The van der Waals surface area contributed by atoms with Crippen molar-refractivity contribution >= 4 is 72.4 Å². The largest absolute Gasteiger partial charge is 0.337 e. The van der Waals surface area contributed by atoms with Crippen molar-refractivity contribution in [2.75, 3.05) is 0 Å². The third-order valence-electron chi connectivity index (χ3n) is 19.9. The van der Waals surface area contributed by atoms with Crippen LogP contribution in [0.4, 0.5) is 0 Å². The number of allylic oxidation sites excluding steroid dienone is 10. The highest BCUT2D eigenvalue weighted by Crippen LogP contribution is 2.66. The fourth-order valence-electron chi connectivity index (χ4n) is 16.5. The van der Waals surface area contributed by atoms with Crippen LogP contribution in [0.5, 0.6) is 0 Å². The molecule has 0 aliphatic heterocycles. The molecule has 2 aromatic heterocycles. The van der Waals surface area contributed by atoms with Gasteiger partial charge >= 0.3 is 0 Å². The van der Waals surface area contributed by atoms with Gasteiger partial charge in [0.15, 0.2) is 0 Å². The van der Waals surface area contributed by atoms with Gasteiger partial charge < -0.3 is 9.13 Å². The van der Waals surface area contributed by atoms with E-state index in [1.807, 2.05) is 0 Å². The number of para-hydroxylation sites is 1. The fraction of sp³-hybridized carbons (Fsp3) is 0.111. The second kappa shape index (κ2) is 18.1. The molecule has 12 aromatic rings. The van der Waals surface area contributed by atoms with Crippen LogP contribution in [0.25, 0.3) is 111 Å². The Labute approximate surface area is 484 Å². The van der Waals surface area contributed by atoms with Gasteiger partial charge in [-0.25, -0.2) is 0 Å². The number of aromatic nitrogens is 2. The quantitative estimate of drug-likeness (QED) is 0.157. The van der Waals surface area contributed by atoms with Crippen LogP contribution in [0.2, 0.25) is 0 Å². The summed E-state index contributed by atoms with van der Waals surface area (Å²) in [5, 5.41) is 6.53. The van der Waals surface area contributed by atoms with Crippen molar-refractivity contribution in [3.05, 3.63) is 311 Å². The van der Waals surface area contributed by atoms with Crippen molar-refractivity contribution < 1.29 is 0 Å². The smallest absolute Gasteiger partial charge is 0.0557 e. The average Bonchev–Trinajstić information content (AvgIpc) is 1.75. The Bertz CT molecular complexity index is 4910. The first-order valence-electron chi connectivity index (χ1n) is 30.0. The van der Waals surface area contributed by atoms with Crippen LogP contribution in [0.3, 0.4) is 0 Å². The van der Waals surface area contributed by atoms with E-state index in [1.54, 1.807) is 0 Å². The van der Waals surface area contributed by atoms with Crippen LogP contribution in [0, 0.1) is 5.92 Å². The molecule has 0 amide bonds.